The van der Waals surface area contributed by atoms with Gasteiger partial charge in [-0.15, -0.1) is 0 Å². The van der Waals surface area contributed by atoms with Crippen LogP contribution in [0.15, 0.2) is 24.3 Å². The maximum atomic E-state index is 13.2. The summed E-state index contributed by atoms with van der Waals surface area (Å²) in [4.78, 5) is 16.5. The summed E-state index contributed by atoms with van der Waals surface area (Å²) >= 11 is 0. The number of alkyl halides is 3. The van der Waals surface area contributed by atoms with Crippen molar-refractivity contribution in [1.82, 2.24) is 9.80 Å². The van der Waals surface area contributed by atoms with Crippen LogP contribution in [0, 0.1) is 0 Å². The Morgan fingerprint density at radius 1 is 1.12 bits per heavy atom. The van der Waals surface area contributed by atoms with Crippen LogP contribution in [0.4, 0.5) is 13.2 Å². The smallest absolute Gasteiger partial charge is 0.379 e. The number of hydrogen-bond acceptors (Lipinski definition) is 4. The minimum Gasteiger partial charge on any atom is -0.379 e. The second kappa shape index (κ2) is 8.37. The molecule has 144 valence electrons. The van der Waals surface area contributed by atoms with Crippen molar-refractivity contribution in [2.24, 2.45) is 0 Å². The molecule has 1 unspecified atom stereocenters. The second-order valence-corrected chi connectivity index (χ2v) is 6.55. The number of ether oxygens (including phenoxy) is 2. The molecular formula is C18H23F3N2O3. The lowest BCUT2D eigenvalue weighted by atomic mass is 10.1. The van der Waals surface area contributed by atoms with Crippen molar-refractivity contribution < 1.29 is 27.4 Å². The first-order valence-electron chi connectivity index (χ1n) is 8.82. The zero-order valence-electron chi connectivity index (χ0n) is 14.5. The molecule has 1 aromatic carbocycles. The van der Waals surface area contributed by atoms with Crippen molar-refractivity contribution in [1.29, 1.82) is 0 Å². The fraction of sp³-hybridized carbons (Fsp3) is 0.611. The maximum absolute atomic E-state index is 13.2. The lowest BCUT2D eigenvalue weighted by molar-refractivity contribution is -0.138. The Morgan fingerprint density at radius 2 is 1.85 bits per heavy atom. The molecule has 3 rings (SSSR count). The highest BCUT2D eigenvalue weighted by atomic mass is 19.4. The molecule has 26 heavy (non-hydrogen) atoms. The quantitative estimate of drug-likeness (QED) is 0.816. The van der Waals surface area contributed by atoms with Crippen molar-refractivity contribution in [3.05, 3.63) is 35.4 Å². The summed E-state index contributed by atoms with van der Waals surface area (Å²) in [6.07, 6.45) is -4.15. The fourth-order valence-corrected chi connectivity index (χ4v) is 3.35. The van der Waals surface area contributed by atoms with Gasteiger partial charge in [-0.3, -0.25) is 9.69 Å². The van der Waals surface area contributed by atoms with Gasteiger partial charge in [-0.05, 0) is 18.6 Å². The fourth-order valence-electron chi connectivity index (χ4n) is 3.35. The van der Waals surface area contributed by atoms with Crippen molar-refractivity contribution in [3.8, 4) is 0 Å². The number of morpholine rings is 1. The lowest BCUT2D eigenvalue weighted by Crippen LogP contribution is -2.46. The van der Waals surface area contributed by atoms with Crippen LogP contribution < -0.4 is 0 Å². The van der Waals surface area contributed by atoms with Gasteiger partial charge in [0.1, 0.15) is 0 Å². The van der Waals surface area contributed by atoms with Gasteiger partial charge in [0.15, 0.2) is 0 Å². The molecule has 2 aliphatic rings. The molecule has 2 aliphatic heterocycles. The average Bonchev–Trinajstić information content (AvgIpc) is 2.87. The molecule has 2 saturated heterocycles. The van der Waals surface area contributed by atoms with Gasteiger partial charge in [0.2, 0.25) is 0 Å². The topological polar surface area (TPSA) is 42.0 Å². The Hall–Kier alpha value is -1.64. The Morgan fingerprint density at radius 3 is 2.58 bits per heavy atom. The van der Waals surface area contributed by atoms with Gasteiger partial charge in [-0.1, -0.05) is 12.1 Å². The van der Waals surface area contributed by atoms with Crippen LogP contribution >= 0.6 is 0 Å². The molecule has 0 saturated carbocycles. The van der Waals surface area contributed by atoms with E-state index in [1.807, 2.05) is 0 Å². The summed E-state index contributed by atoms with van der Waals surface area (Å²) in [6.45, 7) is 4.75. The Bertz CT molecular complexity index is 618. The molecule has 2 heterocycles. The molecule has 0 aromatic heterocycles. The Balaban J connectivity index is 1.72. The van der Waals surface area contributed by atoms with Crippen LogP contribution in [-0.4, -0.2) is 74.4 Å². The summed E-state index contributed by atoms with van der Waals surface area (Å²) in [7, 11) is 0. The maximum Gasteiger partial charge on any atom is 0.417 e. The van der Waals surface area contributed by atoms with E-state index >= 15 is 0 Å². The van der Waals surface area contributed by atoms with Crippen LogP contribution in [0.3, 0.4) is 0 Å². The third-order valence-electron chi connectivity index (χ3n) is 4.67. The van der Waals surface area contributed by atoms with Gasteiger partial charge in [0.25, 0.3) is 5.91 Å². The van der Waals surface area contributed by atoms with Gasteiger partial charge in [-0.2, -0.15) is 13.2 Å². The number of halogens is 3. The minimum absolute atomic E-state index is 0.211. The van der Waals surface area contributed by atoms with E-state index in [9.17, 15) is 18.0 Å². The Labute approximate surface area is 150 Å². The van der Waals surface area contributed by atoms with E-state index in [4.69, 9.17) is 9.47 Å². The Kier molecular flexibility index (Phi) is 6.16. The summed E-state index contributed by atoms with van der Waals surface area (Å²) in [5, 5.41) is 0. The highest BCUT2D eigenvalue weighted by Crippen LogP contribution is 2.32. The molecule has 1 atom stereocenters. The van der Waals surface area contributed by atoms with Crippen molar-refractivity contribution in [2.75, 3.05) is 52.5 Å². The zero-order valence-corrected chi connectivity index (χ0v) is 14.5. The van der Waals surface area contributed by atoms with Crippen LogP contribution in [0.2, 0.25) is 0 Å². The predicted molar refractivity (Wildman–Crippen MR) is 89.0 cm³/mol. The molecule has 1 amide bonds. The monoisotopic (exact) mass is 372 g/mol. The molecule has 5 nitrogen and oxygen atoms in total. The molecule has 8 heteroatoms. The first kappa shape index (κ1) is 19.1. The highest BCUT2D eigenvalue weighted by molar-refractivity contribution is 5.96. The first-order chi connectivity index (χ1) is 12.4. The second-order valence-electron chi connectivity index (χ2n) is 6.55. The zero-order chi connectivity index (χ0) is 18.6. The largest absolute Gasteiger partial charge is 0.417 e. The molecule has 0 bridgehead atoms. The lowest BCUT2D eigenvalue weighted by Gasteiger charge is -2.31. The average molecular weight is 372 g/mol. The molecule has 0 aliphatic carbocycles. The number of hydrogen-bond donors (Lipinski definition) is 0. The van der Waals surface area contributed by atoms with E-state index in [0.29, 0.717) is 45.9 Å². The van der Waals surface area contributed by atoms with Crippen LogP contribution in [0.1, 0.15) is 22.3 Å². The summed E-state index contributed by atoms with van der Waals surface area (Å²) < 4.78 is 50.8. The van der Waals surface area contributed by atoms with E-state index in [0.717, 1.165) is 19.2 Å². The number of carbonyl (C=O) groups excluding carboxylic acids is 1. The van der Waals surface area contributed by atoms with Crippen molar-refractivity contribution in [2.45, 2.75) is 18.7 Å². The molecular weight excluding hydrogens is 349 g/mol. The number of carbonyl (C=O) groups is 1. The summed E-state index contributed by atoms with van der Waals surface area (Å²) in [5.74, 6) is -0.588. The van der Waals surface area contributed by atoms with Gasteiger partial charge >= 0.3 is 6.18 Å². The van der Waals surface area contributed by atoms with Gasteiger partial charge in [-0.25, -0.2) is 0 Å². The molecule has 2 fully saturated rings. The first-order valence-corrected chi connectivity index (χ1v) is 8.82. The predicted octanol–water partition coefficient (Wildman–Crippen LogP) is 2.27. The van der Waals surface area contributed by atoms with Gasteiger partial charge in [0, 0.05) is 39.3 Å². The minimum atomic E-state index is -4.55. The van der Waals surface area contributed by atoms with Crippen molar-refractivity contribution >= 4 is 5.91 Å². The number of rotatable bonds is 3. The molecule has 1 aromatic rings. The standard InChI is InChI=1S/C18H23F3N2O3/c19-18(20,21)16-5-2-1-4-15(16)17(24)23-6-3-9-26-14(13-23)12-22-7-10-25-11-8-22/h1-2,4-5,14H,3,6-13H2. The highest BCUT2D eigenvalue weighted by Gasteiger charge is 2.36. The van der Waals surface area contributed by atoms with Crippen LogP contribution in [0.5, 0.6) is 0 Å². The molecule has 0 radical (unpaired) electrons. The number of nitrogens with zero attached hydrogens (tertiary/aromatic N) is 2. The van der Waals surface area contributed by atoms with E-state index in [2.05, 4.69) is 4.90 Å². The van der Waals surface area contributed by atoms with Crippen LogP contribution in [-0.2, 0) is 15.7 Å². The summed E-state index contributed by atoms with van der Waals surface area (Å²) in [6, 6.07) is 4.95. The van der Waals surface area contributed by atoms with E-state index in [1.165, 1.54) is 23.1 Å². The third kappa shape index (κ3) is 4.75. The number of benzene rings is 1. The normalized spacial score (nSPS) is 22.9. The van der Waals surface area contributed by atoms with E-state index < -0.39 is 17.6 Å². The molecule has 0 N–H and O–H groups in total. The third-order valence-corrected chi connectivity index (χ3v) is 4.67. The number of amides is 1. The van der Waals surface area contributed by atoms with Gasteiger partial charge in [0.05, 0.1) is 30.4 Å². The van der Waals surface area contributed by atoms with Crippen molar-refractivity contribution in [3.63, 3.8) is 0 Å². The molecule has 0 spiro atoms. The summed E-state index contributed by atoms with van der Waals surface area (Å²) in [5.41, 5.74) is -1.19. The van der Waals surface area contributed by atoms with Gasteiger partial charge < -0.3 is 14.4 Å². The van der Waals surface area contributed by atoms with E-state index in [-0.39, 0.29) is 11.7 Å². The SMILES string of the molecule is O=C(c1ccccc1C(F)(F)F)N1CCCOC(CN2CCOCC2)C1. The van der Waals surface area contributed by atoms with E-state index in [1.54, 1.807) is 0 Å². The van der Waals surface area contributed by atoms with Crippen LogP contribution in [0.25, 0.3) is 0 Å².